The van der Waals surface area contributed by atoms with Crippen LogP contribution in [0, 0.1) is 20.8 Å². The van der Waals surface area contributed by atoms with Gasteiger partial charge in [0.05, 0.1) is 18.9 Å². The van der Waals surface area contributed by atoms with Crippen LogP contribution in [0.15, 0.2) is 12.1 Å². The molecule has 0 saturated heterocycles. The second-order valence-electron chi connectivity index (χ2n) is 4.80. The van der Waals surface area contributed by atoms with Crippen molar-refractivity contribution < 1.29 is 22.4 Å². The van der Waals surface area contributed by atoms with E-state index in [0.29, 0.717) is 5.69 Å². The maximum atomic E-state index is 14.3. The minimum atomic E-state index is -4.53. The summed E-state index contributed by atoms with van der Waals surface area (Å²) in [6.07, 6.45) is 0. The van der Waals surface area contributed by atoms with Crippen LogP contribution in [0.25, 0.3) is 0 Å². The standard InChI is InChI=1S/C14H22F2NO3PS/c1-6-19-21(18,20-7-2)14(15,16)22-17-13-11(4)8-10(3)9-12(13)5/h8-9,17H,6-7H2,1-5H3. The highest BCUT2D eigenvalue weighted by atomic mass is 32.2. The normalized spacial score (nSPS) is 12.5. The van der Waals surface area contributed by atoms with Gasteiger partial charge >= 0.3 is 12.6 Å². The highest BCUT2D eigenvalue weighted by Gasteiger charge is 2.54. The van der Waals surface area contributed by atoms with E-state index in [9.17, 15) is 13.3 Å². The van der Waals surface area contributed by atoms with Crippen molar-refractivity contribution in [3.63, 3.8) is 0 Å². The van der Waals surface area contributed by atoms with Gasteiger partial charge in [-0.25, -0.2) is 0 Å². The Kier molecular flexibility index (Phi) is 6.86. The highest BCUT2D eigenvalue weighted by Crippen LogP contribution is 2.66. The molecule has 0 radical (unpaired) electrons. The smallest absolute Gasteiger partial charge is 0.324 e. The largest absolute Gasteiger partial charge is 0.412 e. The number of nitrogens with one attached hydrogen (secondary N) is 1. The quantitative estimate of drug-likeness (QED) is 0.495. The van der Waals surface area contributed by atoms with E-state index in [1.54, 1.807) is 0 Å². The molecule has 126 valence electrons. The molecule has 1 aromatic carbocycles. The zero-order valence-electron chi connectivity index (χ0n) is 13.4. The fraction of sp³-hybridized carbons (Fsp3) is 0.571. The lowest BCUT2D eigenvalue weighted by Crippen LogP contribution is -2.18. The van der Waals surface area contributed by atoms with E-state index in [0.717, 1.165) is 16.7 Å². The van der Waals surface area contributed by atoms with E-state index in [1.807, 2.05) is 32.9 Å². The molecule has 0 heterocycles. The fourth-order valence-electron chi connectivity index (χ4n) is 2.04. The van der Waals surface area contributed by atoms with Gasteiger partial charge in [-0.1, -0.05) is 17.7 Å². The molecule has 0 aliphatic rings. The number of hydrogen-bond acceptors (Lipinski definition) is 5. The third-order valence-corrected chi connectivity index (χ3v) is 6.20. The van der Waals surface area contributed by atoms with Crippen molar-refractivity contribution in [2.45, 2.75) is 39.6 Å². The van der Waals surface area contributed by atoms with Gasteiger partial charge in [-0.3, -0.25) is 4.57 Å². The van der Waals surface area contributed by atoms with E-state index >= 15 is 0 Å². The van der Waals surface area contributed by atoms with Crippen LogP contribution in [0.3, 0.4) is 0 Å². The molecule has 8 heteroatoms. The van der Waals surface area contributed by atoms with Gasteiger partial charge in [0.25, 0.3) is 0 Å². The molecule has 0 saturated carbocycles. The van der Waals surface area contributed by atoms with E-state index in [1.165, 1.54) is 13.8 Å². The summed E-state index contributed by atoms with van der Waals surface area (Å²) in [7, 11) is -4.53. The Morgan fingerprint density at radius 2 is 1.59 bits per heavy atom. The number of aryl methyl sites for hydroxylation is 3. The van der Waals surface area contributed by atoms with Crippen molar-refractivity contribution >= 4 is 25.2 Å². The topological polar surface area (TPSA) is 47.6 Å². The van der Waals surface area contributed by atoms with Gasteiger partial charge in [0.15, 0.2) is 0 Å². The molecular formula is C14H22F2NO3PS. The summed E-state index contributed by atoms with van der Waals surface area (Å²) in [4.78, 5) is -3.69. The third-order valence-electron chi connectivity index (χ3n) is 2.87. The summed E-state index contributed by atoms with van der Waals surface area (Å²) < 4.78 is 52.8. The van der Waals surface area contributed by atoms with Crippen LogP contribution < -0.4 is 4.72 Å². The Morgan fingerprint density at radius 3 is 2.00 bits per heavy atom. The lowest BCUT2D eigenvalue weighted by molar-refractivity contribution is 0.112. The molecule has 1 N–H and O–H groups in total. The lowest BCUT2D eigenvalue weighted by Gasteiger charge is -2.25. The second-order valence-corrected chi connectivity index (χ2v) is 8.09. The monoisotopic (exact) mass is 353 g/mol. The van der Waals surface area contributed by atoms with E-state index < -0.39 is 12.6 Å². The van der Waals surface area contributed by atoms with Crippen molar-refractivity contribution in [2.75, 3.05) is 17.9 Å². The molecule has 0 unspecified atom stereocenters. The van der Waals surface area contributed by atoms with Crippen molar-refractivity contribution in [1.82, 2.24) is 0 Å². The summed E-state index contributed by atoms with van der Waals surface area (Å²) >= 11 is 0.0564. The Hall–Kier alpha value is -0.620. The van der Waals surface area contributed by atoms with Crippen LogP contribution in [0.5, 0.6) is 0 Å². The van der Waals surface area contributed by atoms with Crippen LogP contribution in [-0.4, -0.2) is 18.2 Å². The molecule has 22 heavy (non-hydrogen) atoms. The molecule has 4 nitrogen and oxygen atoms in total. The van der Waals surface area contributed by atoms with Gasteiger partial charge in [-0.2, -0.15) is 8.78 Å². The molecule has 0 fully saturated rings. The summed E-state index contributed by atoms with van der Waals surface area (Å²) in [5.74, 6) is 0. The predicted molar refractivity (Wildman–Crippen MR) is 87.7 cm³/mol. The first-order valence-corrected chi connectivity index (χ1v) is 9.31. The Bertz CT molecular complexity index is 536. The number of halogens is 2. The number of benzene rings is 1. The van der Waals surface area contributed by atoms with Crippen molar-refractivity contribution in [3.05, 3.63) is 28.8 Å². The van der Waals surface area contributed by atoms with E-state index in [4.69, 9.17) is 9.05 Å². The second kappa shape index (κ2) is 7.77. The van der Waals surface area contributed by atoms with Gasteiger partial charge in [-0.05, 0) is 45.7 Å². The van der Waals surface area contributed by atoms with Crippen LogP contribution in [0.4, 0.5) is 14.5 Å². The predicted octanol–water partition coefficient (Wildman–Crippen LogP) is 5.49. The summed E-state index contributed by atoms with van der Waals surface area (Å²) in [5.41, 5.74) is 3.30. The van der Waals surface area contributed by atoms with Gasteiger partial charge in [0.1, 0.15) is 0 Å². The van der Waals surface area contributed by atoms with E-state index in [-0.39, 0.29) is 25.2 Å². The van der Waals surface area contributed by atoms with Gasteiger partial charge in [0.2, 0.25) is 0 Å². The number of alkyl halides is 2. The summed E-state index contributed by atoms with van der Waals surface area (Å²) in [6, 6.07) is 3.78. The molecule has 0 aliphatic heterocycles. The van der Waals surface area contributed by atoms with Crippen molar-refractivity contribution in [1.29, 1.82) is 0 Å². The Morgan fingerprint density at radius 1 is 1.14 bits per heavy atom. The fourth-order valence-corrected chi connectivity index (χ4v) is 4.54. The minimum Gasteiger partial charge on any atom is -0.324 e. The molecule has 0 amide bonds. The van der Waals surface area contributed by atoms with Crippen molar-refractivity contribution in [3.8, 4) is 0 Å². The lowest BCUT2D eigenvalue weighted by atomic mass is 10.1. The van der Waals surface area contributed by atoms with Gasteiger partial charge in [-0.15, -0.1) is 0 Å². The molecule has 0 bridgehead atoms. The van der Waals surface area contributed by atoms with Gasteiger partial charge in [0, 0.05) is 11.9 Å². The van der Waals surface area contributed by atoms with Crippen molar-refractivity contribution in [2.24, 2.45) is 0 Å². The van der Waals surface area contributed by atoms with Gasteiger partial charge < -0.3 is 13.8 Å². The molecule has 0 aromatic heterocycles. The van der Waals surface area contributed by atoms with Crippen LogP contribution >= 0.6 is 19.5 Å². The highest BCUT2D eigenvalue weighted by molar-refractivity contribution is 8.07. The first kappa shape index (κ1) is 19.4. The molecule has 0 spiro atoms. The Balaban J connectivity index is 2.95. The average Bonchev–Trinajstić information content (AvgIpc) is 2.37. The summed E-state index contributed by atoms with van der Waals surface area (Å²) in [6.45, 7) is 8.34. The SMILES string of the molecule is CCOP(=O)(OCC)C(F)(F)SNc1c(C)cc(C)cc1C. The Labute approximate surface area is 134 Å². The first-order chi connectivity index (χ1) is 10.2. The van der Waals surface area contributed by atoms with Crippen LogP contribution in [0.1, 0.15) is 30.5 Å². The number of hydrogen-bond donors (Lipinski definition) is 1. The number of rotatable bonds is 8. The zero-order valence-corrected chi connectivity index (χ0v) is 15.1. The van der Waals surface area contributed by atoms with E-state index in [2.05, 4.69) is 4.72 Å². The minimum absolute atomic E-state index is 0.0564. The maximum Gasteiger partial charge on any atom is 0.412 e. The number of anilines is 1. The molecule has 1 aromatic rings. The average molecular weight is 353 g/mol. The summed E-state index contributed by atoms with van der Waals surface area (Å²) in [5, 5.41) is 0. The van der Waals surface area contributed by atoms with Crippen LogP contribution in [-0.2, 0) is 13.6 Å². The maximum absolute atomic E-state index is 14.3. The first-order valence-electron chi connectivity index (χ1n) is 6.95. The third kappa shape index (κ3) is 4.44. The van der Waals surface area contributed by atoms with Crippen LogP contribution in [0.2, 0.25) is 0 Å². The molecule has 0 atom stereocenters. The zero-order chi connectivity index (χ0) is 17.0. The molecule has 0 aliphatic carbocycles. The molecule has 1 rings (SSSR count). The molecular weight excluding hydrogens is 331 g/mol.